The van der Waals surface area contributed by atoms with Crippen LogP contribution in [0.1, 0.15) is 10.4 Å². The molecule has 0 radical (unpaired) electrons. The van der Waals surface area contributed by atoms with Gasteiger partial charge in [0.05, 0.1) is 16.6 Å². The van der Waals surface area contributed by atoms with Crippen LogP contribution in [0.5, 0.6) is 0 Å². The summed E-state index contributed by atoms with van der Waals surface area (Å²) in [6.07, 6.45) is 0. The van der Waals surface area contributed by atoms with Crippen molar-refractivity contribution in [3.8, 4) is 0 Å². The molecule has 11 heavy (non-hydrogen) atoms. The summed E-state index contributed by atoms with van der Waals surface area (Å²) in [4.78, 5) is 11.0. The van der Waals surface area contributed by atoms with Crippen molar-refractivity contribution in [2.75, 3.05) is 0 Å². The standard InChI is InChI=1S/C8H6O2S/c9-8(6-11-10)7-4-2-1-3-5-7/h1-6H. The maximum Gasteiger partial charge on any atom is 0.198 e. The van der Waals surface area contributed by atoms with Crippen LogP contribution in [0.15, 0.2) is 30.3 Å². The fourth-order valence-corrected chi connectivity index (χ4v) is 0.938. The molecule has 0 bridgehead atoms. The second kappa shape index (κ2) is 3.83. The van der Waals surface area contributed by atoms with E-state index in [2.05, 4.69) is 0 Å². The van der Waals surface area contributed by atoms with Gasteiger partial charge in [0.1, 0.15) is 0 Å². The Morgan fingerprint density at radius 1 is 1.27 bits per heavy atom. The number of benzene rings is 1. The molecule has 56 valence electrons. The van der Waals surface area contributed by atoms with Crippen molar-refractivity contribution >= 4 is 22.4 Å². The van der Waals surface area contributed by atoms with E-state index in [1.165, 1.54) is 0 Å². The van der Waals surface area contributed by atoms with Crippen molar-refractivity contribution in [1.29, 1.82) is 0 Å². The number of carbonyl (C=O) groups excluding carboxylic acids is 1. The maximum atomic E-state index is 11.0. The fourth-order valence-electron chi connectivity index (χ4n) is 0.714. The van der Waals surface area contributed by atoms with E-state index in [4.69, 9.17) is 0 Å². The third kappa shape index (κ3) is 2.13. The lowest BCUT2D eigenvalue weighted by Gasteiger charge is -1.89. The van der Waals surface area contributed by atoms with E-state index in [-0.39, 0.29) is 17.0 Å². The van der Waals surface area contributed by atoms with Crippen molar-refractivity contribution in [2.45, 2.75) is 0 Å². The van der Waals surface area contributed by atoms with Crippen molar-refractivity contribution in [2.24, 2.45) is 0 Å². The van der Waals surface area contributed by atoms with Crippen LogP contribution in [0.2, 0.25) is 0 Å². The molecule has 0 aromatic heterocycles. The van der Waals surface area contributed by atoms with Crippen molar-refractivity contribution < 1.29 is 9.00 Å². The lowest BCUT2D eigenvalue weighted by atomic mass is 10.2. The predicted octanol–water partition coefficient (Wildman–Crippen LogP) is 0.884. The normalized spacial score (nSPS) is 8.73. The van der Waals surface area contributed by atoms with Crippen LogP contribution < -0.4 is 0 Å². The number of carbonyl (C=O) groups is 1. The lowest BCUT2D eigenvalue weighted by Crippen LogP contribution is -1.98. The smallest absolute Gasteiger partial charge is 0.198 e. The molecule has 0 spiro atoms. The van der Waals surface area contributed by atoms with Gasteiger partial charge in [0.15, 0.2) is 5.78 Å². The van der Waals surface area contributed by atoms with Gasteiger partial charge in [0.2, 0.25) is 0 Å². The highest BCUT2D eigenvalue weighted by Crippen LogP contribution is 1.96. The van der Waals surface area contributed by atoms with Crippen molar-refractivity contribution in [3.63, 3.8) is 0 Å². The summed E-state index contributed by atoms with van der Waals surface area (Å²) in [6.45, 7) is 0. The van der Waals surface area contributed by atoms with Gasteiger partial charge in [0, 0.05) is 5.56 Å². The summed E-state index contributed by atoms with van der Waals surface area (Å²) in [7, 11) is 0. The first kappa shape index (κ1) is 7.88. The molecular weight excluding hydrogens is 160 g/mol. The molecule has 0 heterocycles. The van der Waals surface area contributed by atoms with E-state index < -0.39 is 0 Å². The van der Waals surface area contributed by atoms with Crippen molar-refractivity contribution in [1.82, 2.24) is 0 Å². The lowest BCUT2D eigenvalue weighted by molar-refractivity contribution is 0.107. The molecule has 3 heteroatoms. The van der Waals surface area contributed by atoms with Crippen LogP contribution in [0.25, 0.3) is 0 Å². The number of Topliss-reactive ketones (excluding diaryl/α,β-unsaturated/α-hetero) is 1. The molecule has 0 N–H and O–H groups in total. The van der Waals surface area contributed by atoms with E-state index in [1.807, 2.05) is 6.07 Å². The van der Waals surface area contributed by atoms with Gasteiger partial charge in [-0.2, -0.15) is 0 Å². The third-order valence-electron chi connectivity index (χ3n) is 1.21. The third-order valence-corrected chi connectivity index (χ3v) is 1.52. The van der Waals surface area contributed by atoms with E-state index in [1.54, 1.807) is 24.3 Å². The molecule has 0 saturated heterocycles. The van der Waals surface area contributed by atoms with E-state index in [0.717, 1.165) is 5.37 Å². The minimum atomic E-state index is -0.231. The molecule has 1 aromatic rings. The van der Waals surface area contributed by atoms with Crippen LogP contribution >= 0.6 is 0 Å². The monoisotopic (exact) mass is 166 g/mol. The molecule has 0 atom stereocenters. The van der Waals surface area contributed by atoms with Gasteiger partial charge in [-0.15, -0.1) is 0 Å². The van der Waals surface area contributed by atoms with E-state index in [0.29, 0.717) is 5.56 Å². The van der Waals surface area contributed by atoms with Gasteiger partial charge in [-0.3, -0.25) is 4.79 Å². The highest BCUT2D eigenvalue weighted by molar-refractivity contribution is 7.66. The zero-order chi connectivity index (χ0) is 8.10. The average molecular weight is 166 g/mol. The number of hydrogen-bond donors (Lipinski definition) is 0. The zero-order valence-electron chi connectivity index (χ0n) is 5.69. The minimum absolute atomic E-state index is 0.180. The Labute approximate surface area is 67.9 Å². The maximum absolute atomic E-state index is 11.0. The molecular formula is C8H6O2S. The molecule has 1 aromatic carbocycles. The summed E-state index contributed by atoms with van der Waals surface area (Å²) in [5.74, 6) is -0.231. The van der Waals surface area contributed by atoms with Gasteiger partial charge in [-0.25, -0.2) is 4.21 Å². The molecule has 0 amide bonds. The number of ketones is 1. The summed E-state index contributed by atoms with van der Waals surface area (Å²) in [6, 6.07) is 8.69. The van der Waals surface area contributed by atoms with Crippen LogP contribution in [0.4, 0.5) is 0 Å². The summed E-state index contributed by atoms with van der Waals surface area (Å²) in [5.41, 5.74) is 0.552. The molecule has 2 nitrogen and oxygen atoms in total. The van der Waals surface area contributed by atoms with Gasteiger partial charge < -0.3 is 0 Å². The van der Waals surface area contributed by atoms with Gasteiger partial charge in [-0.05, 0) is 0 Å². The van der Waals surface area contributed by atoms with Crippen LogP contribution in [0, 0.1) is 0 Å². The SMILES string of the molecule is O=S=CC(=O)c1ccccc1. The topological polar surface area (TPSA) is 34.1 Å². The Morgan fingerprint density at radius 2 is 1.91 bits per heavy atom. The number of rotatable bonds is 2. The zero-order valence-corrected chi connectivity index (χ0v) is 6.51. The molecule has 0 saturated carbocycles. The molecule has 0 fully saturated rings. The Balaban J connectivity index is 2.94. The van der Waals surface area contributed by atoms with Crippen LogP contribution in [0.3, 0.4) is 0 Å². The van der Waals surface area contributed by atoms with Crippen LogP contribution in [-0.2, 0) is 11.3 Å². The largest absolute Gasteiger partial charge is 0.288 e. The van der Waals surface area contributed by atoms with E-state index >= 15 is 0 Å². The Bertz CT molecular complexity index is 299. The molecule has 0 aliphatic heterocycles. The Hall–Kier alpha value is -1.22. The van der Waals surface area contributed by atoms with Crippen molar-refractivity contribution in [3.05, 3.63) is 35.9 Å². The first-order valence-corrected chi connectivity index (χ1v) is 3.86. The molecule has 0 unspecified atom stereocenters. The predicted molar refractivity (Wildman–Crippen MR) is 45.0 cm³/mol. The first-order valence-electron chi connectivity index (χ1n) is 3.06. The average Bonchev–Trinajstić information content (AvgIpc) is 2.07. The minimum Gasteiger partial charge on any atom is -0.288 e. The van der Waals surface area contributed by atoms with E-state index in [9.17, 15) is 9.00 Å². The van der Waals surface area contributed by atoms with Gasteiger partial charge in [-0.1, -0.05) is 30.3 Å². The second-order valence-electron chi connectivity index (χ2n) is 1.94. The van der Waals surface area contributed by atoms with Gasteiger partial charge in [0.25, 0.3) is 0 Å². The first-order chi connectivity index (χ1) is 5.34. The fraction of sp³-hybridized carbons (Fsp3) is 0. The highest BCUT2D eigenvalue weighted by atomic mass is 32.1. The second-order valence-corrected chi connectivity index (χ2v) is 2.37. The highest BCUT2D eigenvalue weighted by Gasteiger charge is 1.98. The molecule has 0 aliphatic carbocycles. The summed E-state index contributed by atoms with van der Waals surface area (Å²) in [5, 5.41) is 1.05. The Morgan fingerprint density at radius 3 is 2.45 bits per heavy atom. The molecule has 1 rings (SSSR count). The Kier molecular flexibility index (Phi) is 2.74. The quantitative estimate of drug-likeness (QED) is 0.483. The number of hydrogen-bond acceptors (Lipinski definition) is 2. The van der Waals surface area contributed by atoms with Gasteiger partial charge >= 0.3 is 0 Å². The summed E-state index contributed by atoms with van der Waals surface area (Å²) < 4.78 is 9.95. The molecule has 0 aliphatic rings. The summed E-state index contributed by atoms with van der Waals surface area (Å²) >= 11 is 0.180. The van der Waals surface area contributed by atoms with Crippen LogP contribution in [-0.4, -0.2) is 15.4 Å².